The van der Waals surface area contributed by atoms with Crippen molar-refractivity contribution in [3.05, 3.63) is 107 Å². The maximum atomic E-state index is 12.7. The zero-order valence-electron chi connectivity index (χ0n) is 21.1. The lowest BCUT2D eigenvalue weighted by molar-refractivity contribution is -0.139. The van der Waals surface area contributed by atoms with Gasteiger partial charge in [0.25, 0.3) is 0 Å². The van der Waals surface area contributed by atoms with Gasteiger partial charge in [-0.05, 0) is 72.4 Å². The first-order valence-electron chi connectivity index (χ1n) is 11.6. The van der Waals surface area contributed by atoms with E-state index in [0.717, 1.165) is 17.7 Å². The van der Waals surface area contributed by atoms with E-state index in [-0.39, 0.29) is 24.5 Å². The third-order valence-corrected chi connectivity index (χ3v) is 5.15. The predicted molar refractivity (Wildman–Crippen MR) is 139 cm³/mol. The van der Waals surface area contributed by atoms with Crippen LogP contribution in [-0.4, -0.2) is 46.2 Å². The molecule has 0 bridgehead atoms. The lowest BCUT2D eigenvalue weighted by Crippen LogP contribution is -2.38. The van der Waals surface area contributed by atoms with Gasteiger partial charge in [-0.25, -0.2) is 17.6 Å². The van der Waals surface area contributed by atoms with Gasteiger partial charge in [0.05, 0.1) is 6.04 Å². The van der Waals surface area contributed by atoms with Crippen LogP contribution >= 0.6 is 0 Å². The fourth-order valence-corrected chi connectivity index (χ4v) is 2.99. The summed E-state index contributed by atoms with van der Waals surface area (Å²) in [4.78, 5) is 31.3. The Bertz CT molecular complexity index is 1280. The summed E-state index contributed by atoms with van der Waals surface area (Å²) in [7, 11) is 0. The molecule has 40 heavy (non-hydrogen) atoms. The molecule has 3 atom stereocenters. The van der Waals surface area contributed by atoms with Gasteiger partial charge in [0.2, 0.25) is 5.91 Å². The summed E-state index contributed by atoms with van der Waals surface area (Å²) < 4.78 is 50.2. The van der Waals surface area contributed by atoms with E-state index >= 15 is 0 Å². The Kier molecular flexibility index (Phi) is 14.0. The van der Waals surface area contributed by atoms with Gasteiger partial charge in [-0.1, -0.05) is 30.3 Å². The summed E-state index contributed by atoms with van der Waals surface area (Å²) in [5, 5.41) is 17.0. The van der Waals surface area contributed by atoms with E-state index < -0.39 is 47.6 Å². The molecule has 9 nitrogen and oxygen atoms in total. The molecule has 0 spiro atoms. The molecule has 10 N–H and O–H groups in total. The first-order valence-corrected chi connectivity index (χ1v) is 11.6. The minimum absolute atomic E-state index is 0.0213. The van der Waals surface area contributed by atoms with E-state index in [9.17, 15) is 31.9 Å². The van der Waals surface area contributed by atoms with Crippen LogP contribution in [0.1, 0.15) is 16.7 Å². The van der Waals surface area contributed by atoms with Crippen molar-refractivity contribution in [1.82, 2.24) is 0 Å². The quantitative estimate of drug-likeness (QED) is 0.211. The van der Waals surface area contributed by atoms with Gasteiger partial charge in [-0.2, -0.15) is 0 Å². The average molecular weight is 567 g/mol. The van der Waals surface area contributed by atoms with Gasteiger partial charge < -0.3 is 33.1 Å². The highest BCUT2D eigenvalue weighted by molar-refractivity contribution is 5.79. The highest BCUT2D eigenvalue weighted by Crippen LogP contribution is 2.10. The van der Waals surface area contributed by atoms with Crippen LogP contribution in [0.25, 0.3) is 0 Å². The Morgan fingerprint density at radius 2 is 1.07 bits per heavy atom. The highest BCUT2D eigenvalue weighted by atomic mass is 19.2. The normalized spacial score (nSPS) is 12.5. The number of rotatable bonds is 9. The van der Waals surface area contributed by atoms with Crippen molar-refractivity contribution in [2.45, 2.75) is 37.4 Å². The van der Waals surface area contributed by atoms with E-state index in [1.807, 2.05) is 0 Å². The fourth-order valence-electron chi connectivity index (χ4n) is 2.99. The first kappa shape index (κ1) is 33.7. The van der Waals surface area contributed by atoms with E-state index in [1.165, 1.54) is 36.4 Å². The summed E-state index contributed by atoms with van der Waals surface area (Å²) in [6.07, 6.45) is 0.467. The molecule has 0 fully saturated rings. The van der Waals surface area contributed by atoms with Gasteiger partial charge in [0.15, 0.2) is 11.6 Å². The molecule has 0 saturated carbocycles. The van der Waals surface area contributed by atoms with Crippen LogP contribution in [0.4, 0.5) is 17.6 Å². The smallest absolute Gasteiger partial charge is 0.320 e. The zero-order valence-corrected chi connectivity index (χ0v) is 21.1. The van der Waals surface area contributed by atoms with Crippen molar-refractivity contribution in [2.75, 3.05) is 0 Å². The molecule has 0 saturated heterocycles. The van der Waals surface area contributed by atoms with Crippen molar-refractivity contribution >= 4 is 17.8 Å². The Morgan fingerprint density at radius 1 is 0.600 bits per heavy atom. The van der Waals surface area contributed by atoms with Crippen LogP contribution in [0, 0.1) is 23.3 Å². The second-order valence-corrected chi connectivity index (χ2v) is 8.52. The molecule has 3 aromatic carbocycles. The summed E-state index contributed by atoms with van der Waals surface area (Å²) in [5.74, 6) is -5.45. The number of nitrogens with two attached hydrogens (primary N) is 4. The molecule has 0 heterocycles. The van der Waals surface area contributed by atoms with Crippen LogP contribution in [0.15, 0.2) is 66.7 Å². The molecule has 0 aliphatic heterocycles. The molecule has 0 aliphatic rings. The maximum absolute atomic E-state index is 12.7. The Hall–Kier alpha value is -4.33. The van der Waals surface area contributed by atoms with Crippen molar-refractivity contribution in [2.24, 2.45) is 22.9 Å². The number of halogens is 4. The number of hydrogen-bond acceptors (Lipinski definition) is 6. The number of carbonyl (C=O) groups is 3. The predicted octanol–water partition coefficient (Wildman–Crippen LogP) is 1.88. The molecule has 0 aliphatic carbocycles. The summed E-state index contributed by atoms with van der Waals surface area (Å²) in [6, 6.07) is 12.0. The second-order valence-electron chi connectivity index (χ2n) is 8.52. The van der Waals surface area contributed by atoms with Gasteiger partial charge in [0, 0.05) is 0 Å². The molecule has 0 aromatic heterocycles. The molecule has 3 unspecified atom stereocenters. The highest BCUT2D eigenvalue weighted by Gasteiger charge is 2.14. The molecule has 13 heteroatoms. The fraction of sp³-hybridized carbons (Fsp3) is 0.222. The van der Waals surface area contributed by atoms with E-state index in [4.69, 9.17) is 33.1 Å². The first-order chi connectivity index (χ1) is 18.7. The van der Waals surface area contributed by atoms with Gasteiger partial charge in [-0.15, -0.1) is 0 Å². The van der Waals surface area contributed by atoms with Crippen molar-refractivity contribution in [3.8, 4) is 0 Å². The number of carbonyl (C=O) groups excluding carboxylic acids is 1. The minimum atomic E-state index is -1.17. The molecular formula is C27H30F4N4O5. The van der Waals surface area contributed by atoms with Crippen molar-refractivity contribution in [3.63, 3.8) is 0 Å². The standard InChI is InChI=1S/C9H9F2NO2.C9H11FN2O.C9H10FNO2/c10-6-2-1-5(3-7(6)11)4-8(12)9(13)14;10-7-3-1-6(2-4-7)5-8(11)9(12)13;10-7-3-1-2-6(4-7)5-8(11)9(12)13/h1-3,8H,4,12H2,(H,13,14);1-4,8H,5,11H2,(H2,12,13);1-4,8H,5,11H2,(H,12,13). The number of aliphatic carboxylic acids is 2. The van der Waals surface area contributed by atoms with Crippen LogP contribution in [-0.2, 0) is 33.6 Å². The third-order valence-electron chi connectivity index (χ3n) is 5.15. The number of benzene rings is 3. The Labute approximate surface area is 227 Å². The largest absolute Gasteiger partial charge is 0.480 e. The number of carboxylic acids is 2. The van der Waals surface area contributed by atoms with Crippen LogP contribution in [0.3, 0.4) is 0 Å². The number of carboxylic acid groups (broad SMARTS) is 2. The SMILES string of the molecule is NC(=O)C(N)Cc1ccc(F)cc1.NC(Cc1ccc(F)c(F)c1)C(=O)O.NC(Cc1cccc(F)c1)C(=O)O. The van der Waals surface area contributed by atoms with Gasteiger partial charge in [0.1, 0.15) is 23.7 Å². The number of primary amides is 1. The molecule has 216 valence electrons. The maximum Gasteiger partial charge on any atom is 0.320 e. The van der Waals surface area contributed by atoms with E-state index in [0.29, 0.717) is 17.5 Å². The number of amides is 1. The molecule has 3 rings (SSSR count). The van der Waals surface area contributed by atoms with Gasteiger partial charge >= 0.3 is 11.9 Å². The lowest BCUT2D eigenvalue weighted by atomic mass is 10.1. The van der Waals surface area contributed by atoms with Crippen LogP contribution < -0.4 is 22.9 Å². The molecule has 1 amide bonds. The van der Waals surface area contributed by atoms with Crippen LogP contribution in [0.2, 0.25) is 0 Å². The molecule has 3 aromatic rings. The summed E-state index contributed by atoms with van der Waals surface area (Å²) in [6.45, 7) is 0. The molecule has 0 radical (unpaired) electrons. The van der Waals surface area contributed by atoms with Crippen LogP contribution in [0.5, 0.6) is 0 Å². The lowest BCUT2D eigenvalue weighted by Gasteiger charge is -2.06. The average Bonchev–Trinajstić information content (AvgIpc) is 2.88. The summed E-state index contributed by atoms with van der Waals surface area (Å²) >= 11 is 0. The van der Waals surface area contributed by atoms with Gasteiger partial charge in [-0.3, -0.25) is 14.4 Å². The topological polar surface area (TPSA) is 196 Å². The van der Waals surface area contributed by atoms with Crippen molar-refractivity contribution < 1.29 is 42.2 Å². The zero-order chi connectivity index (χ0) is 30.4. The van der Waals surface area contributed by atoms with E-state index in [2.05, 4.69) is 0 Å². The molecular weight excluding hydrogens is 536 g/mol. The second kappa shape index (κ2) is 16.6. The van der Waals surface area contributed by atoms with E-state index in [1.54, 1.807) is 18.2 Å². The minimum Gasteiger partial charge on any atom is -0.480 e. The summed E-state index contributed by atoms with van der Waals surface area (Å²) in [5.41, 5.74) is 22.6. The van der Waals surface area contributed by atoms with Crippen molar-refractivity contribution in [1.29, 1.82) is 0 Å². The monoisotopic (exact) mass is 566 g/mol. The third kappa shape index (κ3) is 13.0. The number of hydrogen-bond donors (Lipinski definition) is 6. The Balaban J connectivity index is 0.000000300. The Morgan fingerprint density at radius 3 is 1.52 bits per heavy atom.